The SMILES string of the molecule is C=C(C)CC.C=CC.C=CCc1cc(F)ccc1F.CCCC.Cc1ccc(C)c(C)c1. The first-order valence-electron chi connectivity index (χ1n) is 11.3. The molecule has 0 fully saturated rings. The predicted octanol–water partition coefficient (Wildman–Crippen LogP) is 10.3. The Morgan fingerprint density at radius 3 is 1.72 bits per heavy atom. The van der Waals surface area contributed by atoms with E-state index in [1.165, 1.54) is 47.2 Å². The third-order valence-corrected chi connectivity index (χ3v) is 4.14. The zero-order chi connectivity index (χ0) is 25.5. The molecule has 0 saturated carbocycles. The molecule has 0 aliphatic heterocycles. The van der Waals surface area contributed by atoms with Gasteiger partial charge in [0.05, 0.1) is 0 Å². The summed E-state index contributed by atoms with van der Waals surface area (Å²) in [6.45, 7) is 27.2. The molecule has 0 aromatic heterocycles. The average Bonchev–Trinajstić information content (AvgIpc) is 2.75. The van der Waals surface area contributed by atoms with Gasteiger partial charge in [0.1, 0.15) is 11.6 Å². The molecule has 2 aromatic rings. The summed E-state index contributed by atoms with van der Waals surface area (Å²) in [7, 11) is 0. The molecule has 0 spiro atoms. The van der Waals surface area contributed by atoms with Crippen LogP contribution in [-0.2, 0) is 6.42 Å². The van der Waals surface area contributed by atoms with Gasteiger partial charge in [0.15, 0.2) is 0 Å². The Morgan fingerprint density at radius 2 is 1.38 bits per heavy atom. The van der Waals surface area contributed by atoms with Crippen LogP contribution in [0.25, 0.3) is 0 Å². The molecule has 0 unspecified atom stereocenters. The molecule has 0 radical (unpaired) electrons. The second-order valence-corrected chi connectivity index (χ2v) is 7.54. The number of halogens is 2. The third-order valence-electron chi connectivity index (χ3n) is 4.14. The highest BCUT2D eigenvalue weighted by atomic mass is 19.1. The van der Waals surface area contributed by atoms with Crippen LogP contribution in [0.2, 0.25) is 0 Å². The Hall–Kier alpha value is -2.48. The fraction of sp³-hybridized carbons (Fsp3) is 0.400. The fourth-order valence-electron chi connectivity index (χ4n) is 1.75. The molecule has 0 nitrogen and oxygen atoms in total. The van der Waals surface area contributed by atoms with Crippen molar-refractivity contribution < 1.29 is 8.78 Å². The van der Waals surface area contributed by atoms with E-state index in [1.807, 2.05) is 13.8 Å². The van der Waals surface area contributed by atoms with E-state index >= 15 is 0 Å². The van der Waals surface area contributed by atoms with Crippen molar-refractivity contribution in [3.05, 3.63) is 108 Å². The second kappa shape index (κ2) is 23.2. The standard InChI is InChI=1S/C9H8F2.C9H12.C5H10.C4H10.C3H6/c1-2-3-7-6-8(10)4-5-9(7)11;1-7-4-5-8(2)9(3)6-7;1-4-5(2)3;1-3-4-2;1-3-2/h2,4-6H,1,3H2;4-6H,1-3H3;2,4H2,1,3H3;3-4H2,1-2H3;3H,1H2,2H3. The molecule has 0 amide bonds. The molecule has 0 aliphatic carbocycles. The molecule has 2 heteroatoms. The van der Waals surface area contributed by atoms with Gasteiger partial charge in [-0.3, -0.25) is 0 Å². The van der Waals surface area contributed by atoms with E-state index in [-0.39, 0.29) is 5.82 Å². The zero-order valence-corrected chi connectivity index (χ0v) is 21.8. The second-order valence-electron chi connectivity index (χ2n) is 7.54. The van der Waals surface area contributed by atoms with Gasteiger partial charge < -0.3 is 0 Å². The Labute approximate surface area is 197 Å². The number of hydrogen-bond acceptors (Lipinski definition) is 0. The van der Waals surface area contributed by atoms with Crippen molar-refractivity contribution in [1.29, 1.82) is 0 Å². The van der Waals surface area contributed by atoms with Gasteiger partial charge in [-0.1, -0.05) is 75.1 Å². The van der Waals surface area contributed by atoms with Crippen LogP contribution in [-0.4, -0.2) is 0 Å². The van der Waals surface area contributed by atoms with Crippen molar-refractivity contribution in [2.45, 2.75) is 81.1 Å². The number of benzene rings is 2. The van der Waals surface area contributed by atoms with Gasteiger partial charge in [-0.15, -0.1) is 19.7 Å². The van der Waals surface area contributed by atoms with Crippen LogP contribution in [0.4, 0.5) is 8.78 Å². The summed E-state index contributed by atoms with van der Waals surface area (Å²) in [4.78, 5) is 0. The van der Waals surface area contributed by atoms with E-state index in [9.17, 15) is 8.78 Å². The summed E-state index contributed by atoms with van der Waals surface area (Å²) >= 11 is 0. The molecule has 0 N–H and O–H groups in total. The van der Waals surface area contributed by atoms with Gasteiger partial charge in [0.25, 0.3) is 0 Å². The first-order chi connectivity index (χ1) is 15.0. The maximum atomic E-state index is 12.7. The summed E-state index contributed by atoms with van der Waals surface area (Å²) in [6, 6.07) is 9.90. The predicted molar refractivity (Wildman–Crippen MR) is 142 cm³/mol. The van der Waals surface area contributed by atoms with E-state index in [0.717, 1.165) is 18.6 Å². The molecule has 0 saturated heterocycles. The number of rotatable bonds is 4. The minimum Gasteiger partial charge on any atom is -0.207 e. The van der Waals surface area contributed by atoms with Crippen LogP contribution in [0, 0.1) is 32.4 Å². The number of hydrogen-bond donors (Lipinski definition) is 0. The Kier molecular flexibility index (Phi) is 24.7. The lowest BCUT2D eigenvalue weighted by Gasteiger charge is -1.98. The van der Waals surface area contributed by atoms with Crippen molar-refractivity contribution in [1.82, 2.24) is 0 Å². The van der Waals surface area contributed by atoms with Crippen molar-refractivity contribution in [2.24, 2.45) is 0 Å². The smallest absolute Gasteiger partial charge is 0.126 e. The first-order valence-corrected chi connectivity index (χ1v) is 11.3. The highest BCUT2D eigenvalue weighted by Crippen LogP contribution is 2.10. The van der Waals surface area contributed by atoms with Gasteiger partial charge in [-0.2, -0.15) is 0 Å². The van der Waals surface area contributed by atoms with Crippen LogP contribution < -0.4 is 0 Å². The molecule has 0 atom stereocenters. The lowest BCUT2D eigenvalue weighted by Crippen LogP contribution is -1.88. The maximum absolute atomic E-state index is 12.7. The topological polar surface area (TPSA) is 0 Å². The Balaban J connectivity index is -0.000000359. The van der Waals surface area contributed by atoms with Crippen LogP contribution in [0.15, 0.2) is 73.9 Å². The minimum absolute atomic E-state index is 0.347. The number of aryl methyl sites for hydroxylation is 3. The molecule has 0 aliphatic rings. The molecular weight excluding hydrogens is 398 g/mol. The van der Waals surface area contributed by atoms with E-state index in [0.29, 0.717) is 12.0 Å². The lowest BCUT2D eigenvalue weighted by molar-refractivity contribution is 0.589. The summed E-state index contributed by atoms with van der Waals surface area (Å²) < 4.78 is 25.2. The van der Waals surface area contributed by atoms with Crippen LogP contribution in [0.5, 0.6) is 0 Å². The van der Waals surface area contributed by atoms with Crippen molar-refractivity contribution >= 4 is 0 Å². The molecule has 2 aromatic carbocycles. The minimum atomic E-state index is -0.414. The van der Waals surface area contributed by atoms with Gasteiger partial charge in [0, 0.05) is 0 Å². The van der Waals surface area contributed by atoms with Crippen molar-refractivity contribution in [3.63, 3.8) is 0 Å². The maximum Gasteiger partial charge on any atom is 0.126 e. The van der Waals surface area contributed by atoms with Crippen LogP contribution in [0.1, 0.15) is 76.1 Å². The summed E-state index contributed by atoms with van der Waals surface area (Å²) in [6.07, 6.45) is 7.40. The van der Waals surface area contributed by atoms with Gasteiger partial charge in [0.2, 0.25) is 0 Å². The highest BCUT2D eigenvalue weighted by Gasteiger charge is 2.00. The van der Waals surface area contributed by atoms with E-state index in [2.05, 4.69) is 79.5 Å². The highest BCUT2D eigenvalue weighted by molar-refractivity contribution is 5.28. The average molecular weight is 445 g/mol. The number of allylic oxidation sites excluding steroid dienone is 3. The van der Waals surface area contributed by atoms with Crippen LogP contribution >= 0.6 is 0 Å². The van der Waals surface area contributed by atoms with Crippen LogP contribution in [0.3, 0.4) is 0 Å². The Morgan fingerprint density at radius 1 is 0.875 bits per heavy atom. The zero-order valence-electron chi connectivity index (χ0n) is 21.8. The molecule has 180 valence electrons. The largest absolute Gasteiger partial charge is 0.207 e. The monoisotopic (exact) mass is 444 g/mol. The Bertz CT molecular complexity index is 755. The van der Waals surface area contributed by atoms with Crippen molar-refractivity contribution in [3.8, 4) is 0 Å². The van der Waals surface area contributed by atoms with E-state index < -0.39 is 5.82 Å². The molecular formula is C30H46F2. The molecule has 0 heterocycles. The third kappa shape index (κ3) is 22.2. The molecule has 2 rings (SSSR count). The number of unbranched alkanes of at least 4 members (excludes halogenated alkanes) is 1. The molecule has 0 bridgehead atoms. The summed E-state index contributed by atoms with van der Waals surface area (Å²) in [5.74, 6) is -0.797. The summed E-state index contributed by atoms with van der Waals surface area (Å²) in [5.41, 5.74) is 5.71. The summed E-state index contributed by atoms with van der Waals surface area (Å²) in [5, 5.41) is 0. The first kappa shape index (κ1) is 34.1. The quantitative estimate of drug-likeness (QED) is 0.411. The van der Waals surface area contributed by atoms with E-state index in [4.69, 9.17) is 0 Å². The van der Waals surface area contributed by atoms with E-state index in [1.54, 1.807) is 6.08 Å². The van der Waals surface area contributed by atoms with Gasteiger partial charge in [-0.25, -0.2) is 8.78 Å². The molecule has 32 heavy (non-hydrogen) atoms. The normalized spacial score (nSPS) is 8.56. The van der Waals surface area contributed by atoms with Crippen molar-refractivity contribution in [2.75, 3.05) is 0 Å². The fourth-order valence-corrected chi connectivity index (χ4v) is 1.75. The van der Waals surface area contributed by atoms with Gasteiger partial charge >= 0.3 is 0 Å². The van der Waals surface area contributed by atoms with Gasteiger partial charge in [-0.05, 0) is 82.3 Å². The lowest BCUT2D eigenvalue weighted by atomic mass is 10.1.